The minimum Gasteiger partial charge on any atom is -0.444 e. The number of likely N-dealkylation sites (tertiary alicyclic amines) is 1. The van der Waals surface area contributed by atoms with E-state index in [1.807, 2.05) is 20.8 Å². The summed E-state index contributed by atoms with van der Waals surface area (Å²) in [6.07, 6.45) is 1.33. The van der Waals surface area contributed by atoms with Crippen molar-refractivity contribution in [3.8, 4) is 0 Å². The van der Waals surface area contributed by atoms with Crippen LogP contribution in [0.25, 0.3) is 0 Å². The first-order chi connectivity index (χ1) is 14.3. The molecule has 0 saturated carbocycles. The molecule has 1 aromatic heterocycles. The van der Waals surface area contributed by atoms with E-state index in [2.05, 4.69) is 10.3 Å². The molecule has 0 aromatic carbocycles. The number of ether oxygens (including phenoxy) is 2. The fourth-order valence-electron chi connectivity index (χ4n) is 3.25. The molecule has 1 saturated heterocycles. The van der Waals surface area contributed by atoms with E-state index in [9.17, 15) is 14.4 Å². The first-order valence-electron chi connectivity index (χ1n) is 10.4. The average Bonchev–Trinajstić information content (AvgIpc) is 2.63. The summed E-state index contributed by atoms with van der Waals surface area (Å²) in [5.74, 6) is -0.542. The average molecular weight is 454 g/mol. The van der Waals surface area contributed by atoms with Crippen LogP contribution in [0.4, 0.5) is 9.59 Å². The van der Waals surface area contributed by atoms with Crippen molar-refractivity contribution in [3.63, 3.8) is 0 Å². The highest BCUT2D eigenvalue weighted by molar-refractivity contribution is 6.30. The lowest BCUT2D eigenvalue weighted by Gasteiger charge is -2.34. The normalized spacial score (nSPS) is 16.4. The van der Waals surface area contributed by atoms with Gasteiger partial charge in [-0.3, -0.25) is 4.79 Å². The van der Waals surface area contributed by atoms with E-state index in [1.54, 1.807) is 37.8 Å². The number of Topliss-reactive ketones (excluding diaryl/α,β-unsaturated/α-hetero) is 1. The molecule has 0 aliphatic carbocycles. The van der Waals surface area contributed by atoms with Crippen LogP contribution in [0.3, 0.4) is 0 Å². The van der Waals surface area contributed by atoms with E-state index in [-0.39, 0.29) is 16.9 Å². The van der Waals surface area contributed by atoms with E-state index in [1.165, 1.54) is 6.20 Å². The van der Waals surface area contributed by atoms with Gasteiger partial charge < -0.3 is 19.7 Å². The van der Waals surface area contributed by atoms with Crippen molar-refractivity contribution in [3.05, 3.63) is 29.0 Å². The highest BCUT2D eigenvalue weighted by Gasteiger charge is 2.36. The molecular weight excluding hydrogens is 422 g/mol. The molecule has 172 valence electrons. The number of halogens is 1. The van der Waals surface area contributed by atoms with Crippen LogP contribution in [0.1, 0.15) is 66.0 Å². The van der Waals surface area contributed by atoms with Crippen LogP contribution in [-0.2, 0) is 14.3 Å². The number of hydrogen-bond acceptors (Lipinski definition) is 6. The fraction of sp³-hybridized carbons (Fsp3) is 0.636. The maximum Gasteiger partial charge on any atom is 0.410 e. The minimum absolute atomic E-state index is 0.142. The van der Waals surface area contributed by atoms with Crippen LogP contribution in [-0.4, -0.2) is 52.1 Å². The Morgan fingerprint density at radius 3 is 2.19 bits per heavy atom. The molecule has 1 aliphatic heterocycles. The number of alkyl carbamates (subject to hydrolysis) is 1. The predicted molar refractivity (Wildman–Crippen MR) is 117 cm³/mol. The second-order valence-electron chi connectivity index (χ2n) is 9.61. The molecule has 1 aliphatic rings. The number of piperidine rings is 1. The number of nitrogens with one attached hydrogen (secondary N) is 1. The van der Waals surface area contributed by atoms with Gasteiger partial charge in [0.25, 0.3) is 0 Å². The van der Waals surface area contributed by atoms with Crippen molar-refractivity contribution in [1.29, 1.82) is 0 Å². The molecule has 1 aromatic rings. The lowest BCUT2D eigenvalue weighted by Crippen LogP contribution is -2.45. The van der Waals surface area contributed by atoms with Gasteiger partial charge >= 0.3 is 12.2 Å². The molecule has 0 bridgehead atoms. The summed E-state index contributed by atoms with van der Waals surface area (Å²) in [6, 6.07) is 2.32. The Morgan fingerprint density at radius 2 is 1.68 bits per heavy atom. The Hall–Kier alpha value is -2.35. The number of ketones is 1. The summed E-state index contributed by atoms with van der Waals surface area (Å²) in [5.41, 5.74) is -0.882. The van der Waals surface area contributed by atoms with Crippen LogP contribution in [0.5, 0.6) is 0 Å². The topological polar surface area (TPSA) is 97.8 Å². The Morgan fingerprint density at radius 1 is 1.10 bits per heavy atom. The van der Waals surface area contributed by atoms with Crippen LogP contribution < -0.4 is 5.32 Å². The number of nitrogens with zero attached hydrogens (tertiary/aromatic N) is 2. The third-order valence-corrected chi connectivity index (χ3v) is 4.91. The quantitative estimate of drug-likeness (QED) is 0.673. The summed E-state index contributed by atoms with van der Waals surface area (Å²) < 4.78 is 10.7. The van der Waals surface area contributed by atoms with Crippen molar-refractivity contribution in [2.75, 3.05) is 13.1 Å². The summed E-state index contributed by atoms with van der Waals surface area (Å²) in [7, 11) is 0. The number of pyridine rings is 1. The Kier molecular flexibility index (Phi) is 7.92. The van der Waals surface area contributed by atoms with Gasteiger partial charge in [0.15, 0.2) is 5.78 Å². The number of amides is 2. The lowest BCUT2D eigenvalue weighted by molar-refractivity contribution is -0.126. The third kappa shape index (κ3) is 7.69. The van der Waals surface area contributed by atoms with E-state index in [0.29, 0.717) is 31.5 Å². The largest absolute Gasteiger partial charge is 0.444 e. The Balaban J connectivity index is 2.12. The third-order valence-electron chi connectivity index (χ3n) is 4.59. The fourth-order valence-corrected chi connectivity index (χ4v) is 3.48. The second kappa shape index (κ2) is 9.85. The maximum atomic E-state index is 13.4. The molecule has 2 heterocycles. The molecule has 1 atom stereocenters. The Labute approximate surface area is 188 Å². The van der Waals surface area contributed by atoms with Gasteiger partial charge in [-0.1, -0.05) is 17.7 Å². The number of rotatable bonds is 4. The highest BCUT2D eigenvalue weighted by Crippen LogP contribution is 2.29. The van der Waals surface area contributed by atoms with Crippen LogP contribution in [0, 0.1) is 5.92 Å². The molecule has 8 nitrogen and oxygen atoms in total. The van der Waals surface area contributed by atoms with Gasteiger partial charge in [-0.05, 0) is 60.5 Å². The maximum absolute atomic E-state index is 13.4. The first-order valence-corrected chi connectivity index (χ1v) is 10.8. The van der Waals surface area contributed by atoms with Gasteiger partial charge in [0.1, 0.15) is 22.4 Å². The molecule has 2 rings (SSSR count). The number of carbonyl (C=O) groups excluding carboxylic acids is 3. The molecule has 31 heavy (non-hydrogen) atoms. The van der Waals surface area contributed by atoms with Crippen molar-refractivity contribution in [2.45, 2.75) is 71.6 Å². The zero-order valence-corrected chi connectivity index (χ0v) is 19.8. The van der Waals surface area contributed by atoms with Gasteiger partial charge in [0.05, 0.1) is 0 Å². The molecule has 9 heteroatoms. The first kappa shape index (κ1) is 24.9. The lowest BCUT2D eigenvalue weighted by atomic mass is 9.87. The summed E-state index contributed by atoms with van der Waals surface area (Å²) in [4.78, 5) is 43.7. The van der Waals surface area contributed by atoms with Crippen LogP contribution in [0.15, 0.2) is 18.3 Å². The van der Waals surface area contributed by atoms with E-state index < -0.39 is 29.4 Å². The molecular formula is C22H32ClN3O5. The van der Waals surface area contributed by atoms with E-state index >= 15 is 0 Å². The van der Waals surface area contributed by atoms with Gasteiger partial charge in [-0.25, -0.2) is 14.6 Å². The van der Waals surface area contributed by atoms with Crippen LogP contribution in [0.2, 0.25) is 5.15 Å². The highest BCUT2D eigenvalue weighted by atomic mass is 35.5. The number of carbonyl (C=O) groups is 3. The Bertz CT molecular complexity index is 808. The SMILES string of the molecule is CC(C)(C)OC(=O)N[C@H](C(=O)C1CCN(C(=O)OC(C)(C)C)CC1)c1cccnc1Cl. The van der Waals surface area contributed by atoms with Gasteiger partial charge in [0, 0.05) is 30.8 Å². The van der Waals surface area contributed by atoms with Gasteiger partial charge in [0.2, 0.25) is 0 Å². The number of hydrogen-bond donors (Lipinski definition) is 1. The van der Waals surface area contributed by atoms with Crippen molar-refractivity contribution in [2.24, 2.45) is 5.92 Å². The standard InChI is InChI=1S/C22H32ClN3O5/c1-21(2,3)30-19(28)25-16(15-8-7-11-24-18(15)23)17(27)14-9-12-26(13-10-14)20(29)31-22(4,5)6/h7-8,11,14,16H,9-10,12-13H2,1-6H3,(H,25,28)/t16-/m0/s1. The molecule has 0 unspecified atom stereocenters. The second-order valence-corrected chi connectivity index (χ2v) is 9.96. The molecule has 1 fully saturated rings. The predicted octanol–water partition coefficient (Wildman–Crippen LogP) is 4.52. The van der Waals surface area contributed by atoms with Crippen molar-refractivity contribution >= 4 is 29.6 Å². The summed E-state index contributed by atoms with van der Waals surface area (Å²) in [5, 5.41) is 2.79. The van der Waals surface area contributed by atoms with Crippen LogP contribution >= 0.6 is 11.6 Å². The van der Waals surface area contributed by atoms with E-state index in [0.717, 1.165) is 0 Å². The van der Waals surface area contributed by atoms with E-state index in [4.69, 9.17) is 21.1 Å². The van der Waals surface area contributed by atoms with Gasteiger partial charge in [-0.15, -0.1) is 0 Å². The zero-order valence-electron chi connectivity index (χ0n) is 19.0. The van der Waals surface area contributed by atoms with Crippen molar-refractivity contribution in [1.82, 2.24) is 15.2 Å². The molecule has 2 amide bonds. The molecule has 1 N–H and O–H groups in total. The van der Waals surface area contributed by atoms with Crippen molar-refractivity contribution < 1.29 is 23.9 Å². The summed E-state index contributed by atoms with van der Waals surface area (Å²) in [6.45, 7) is 11.5. The monoisotopic (exact) mass is 453 g/mol. The zero-order chi connectivity index (χ0) is 23.4. The smallest absolute Gasteiger partial charge is 0.410 e. The summed E-state index contributed by atoms with van der Waals surface area (Å²) >= 11 is 6.22. The molecule has 0 spiro atoms. The molecule has 0 radical (unpaired) electrons. The number of aromatic nitrogens is 1. The van der Waals surface area contributed by atoms with Gasteiger partial charge in [-0.2, -0.15) is 0 Å². The minimum atomic E-state index is -0.992.